The summed E-state index contributed by atoms with van der Waals surface area (Å²) in [4.78, 5) is 22.3. The fraction of sp³-hybridized carbons (Fsp3) is 0.188. The van der Waals surface area contributed by atoms with E-state index in [0.29, 0.717) is 24.3 Å². The number of nitro benzene ring substituents is 1. The molecule has 0 aliphatic heterocycles. The van der Waals surface area contributed by atoms with E-state index < -0.39 is 10.7 Å². The normalized spacial score (nSPS) is 10.2. The molecule has 0 aliphatic rings. The number of carbonyl (C=O) groups is 1. The van der Waals surface area contributed by atoms with Crippen molar-refractivity contribution in [3.05, 3.63) is 63.4 Å². The molecule has 2 N–H and O–H groups in total. The van der Waals surface area contributed by atoms with Crippen LogP contribution in [0.3, 0.4) is 0 Å². The monoisotopic (exact) mass is 351 g/mol. The zero-order valence-corrected chi connectivity index (χ0v) is 13.3. The molecule has 1 amide bonds. The van der Waals surface area contributed by atoms with Crippen molar-refractivity contribution in [2.24, 2.45) is 0 Å². The smallest absolute Gasteiger partial charge is 0.292 e. The van der Waals surface area contributed by atoms with Gasteiger partial charge in [0.05, 0.1) is 15.6 Å². The minimum absolute atomic E-state index is 0.0138. The van der Waals surface area contributed by atoms with Crippen LogP contribution >= 0.6 is 11.6 Å². The summed E-state index contributed by atoms with van der Waals surface area (Å²) in [6.45, 7) is 0.398. The van der Waals surface area contributed by atoms with E-state index in [2.05, 4.69) is 10.6 Å². The first-order chi connectivity index (χ1) is 11.5. The minimum Gasteiger partial charge on any atom is -0.379 e. The molecular formula is C16H15ClFN3O3. The topological polar surface area (TPSA) is 84.3 Å². The van der Waals surface area contributed by atoms with E-state index in [4.69, 9.17) is 11.6 Å². The summed E-state index contributed by atoms with van der Waals surface area (Å²) in [7, 11) is 0. The largest absolute Gasteiger partial charge is 0.379 e. The van der Waals surface area contributed by atoms with Crippen LogP contribution in [0.15, 0.2) is 42.5 Å². The van der Waals surface area contributed by atoms with Gasteiger partial charge in [0.2, 0.25) is 5.91 Å². The maximum atomic E-state index is 12.9. The highest BCUT2D eigenvalue weighted by atomic mass is 35.5. The number of benzene rings is 2. The van der Waals surface area contributed by atoms with E-state index in [1.54, 1.807) is 18.2 Å². The van der Waals surface area contributed by atoms with E-state index in [9.17, 15) is 19.3 Å². The van der Waals surface area contributed by atoms with Crippen molar-refractivity contribution in [3.63, 3.8) is 0 Å². The lowest BCUT2D eigenvalue weighted by Crippen LogP contribution is -2.14. The third-order valence-corrected chi connectivity index (χ3v) is 3.51. The SMILES string of the molecule is O=C(CCCNc1ccccc1[N+](=O)[O-])Nc1ccc(F)cc1Cl. The Bertz CT molecular complexity index is 755. The predicted octanol–water partition coefficient (Wildman–Crippen LogP) is 4.22. The average molecular weight is 352 g/mol. The van der Waals surface area contributed by atoms with Crippen molar-refractivity contribution < 1.29 is 14.1 Å². The molecule has 8 heteroatoms. The quantitative estimate of drug-likeness (QED) is 0.444. The molecule has 2 rings (SSSR count). The molecule has 0 saturated carbocycles. The second-order valence-electron chi connectivity index (χ2n) is 4.98. The number of para-hydroxylation sites is 2. The van der Waals surface area contributed by atoms with Crippen molar-refractivity contribution in [1.29, 1.82) is 0 Å². The first-order valence-corrected chi connectivity index (χ1v) is 7.57. The van der Waals surface area contributed by atoms with Crippen LogP contribution in [0.25, 0.3) is 0 Å². The Labute approximate surface area is 142 Å². The summed E-state index contributed by atoms with van der Waals surface area (Å²) in [5.41, 5.74) is 0.735. The fourth-order valence-electron chi connectivity index (χ4n) is 2.06. The molecule has 0 unspecified atom stereocenters. The summed E-state index contributed by atoms with van der Waals surface area (Å²) in [6, 6.07) is 10.0. The van der Waals surface area contributed by atoms with E-state index in [1.807, 2.05) is 0 Å². The van der Waals surface area contributed by atoms with Crippen molar-refractivity contribution in [2.45, 2.75) is 12.8 Å². The Kier molecular flexibility index (Phi) is 6.08. The number of halogens is 2. The lowest BCUT2D eigenvalue weighted by molar-refractivity contribution is -0.384. The van der Waals surface area contributed by atoms with E-state index >= 15 is 0 Å². The van der Waals surface area contributed by atoms with Gasteiger partial charge in [-0.25, -0.2) is 4.39 Å². The zero-order chi connectivity index (χ0) is 17.5. The molecule has 24 heavy (non-hydrogen) atoms. The maximum Gasteiger partial charge on any atom is 0.292 e. The number of carbonyl (C=O) groups excluding carboxylic acids is 1. The maximum absolute atomic E-state index is 12.9. The number of nitro groups is 1. The van der Waals surface area contributed by atoms with Crippen LogP contribution in [0.5, 0.6) is 0 Å². The molecule has 0 aliphatic carbocycles. The van der Waals surface area contributed by atoms with Gasteiger partial charge in [0.1, 0.15) is 11.5 Å². The van der Waals surface area contributed by atoms with Gasteiger partial charge in [0, 0.05) is 19.0 Å². The number of nitrogens with zero attached hydrogens (tertiary/aromatic N) is 1. The standard InChI is InChI=1S/C16H15ClFN3O3/c17-12-10-11(18)7-8-13(12)20-16(22)6-3-9-19-14-4-1-2-5-15(14)21(23)24/h1-2,4-5,7-8,10,19H,3,6,9H2,(H,20,22). The second-order valence-corrected chi connectivity index (χ2v) is 5.38. The zero-order valence-electron chi connectivity index (χ0n) is 12.6. The van der Waals surface area contributed by atoms with Gasteiger partial charge in [-0.3, -0.25) is 14.9 Å². The van der Waals surface area contributed by atoms with Gasteiger partial charge in [0.15, 0.2) is 0 Å². The summed E-state index contributed by atoms with van der Waals surface area (Å²) >= 11 is 5.83. The van der Waals surface area contributed by atoms with Crippen molar-refractivity contribution >= 4 is 34.6 Å². The van der Waals surface area contributed by atoms with Crippen LogP contribution in [0.1, 0.15) is 12.8 Å². The van der Waals surface area contributed by atoms with E-state index in [0.717, 1.165) is 6.07 Å². The van der Waals surface area contributed by atoms with E-state index in [1.165, 1.54) is 18.2 Å². The Morgan fingerprint density at radius 2 is 1.96 bits per heavy atom. The molecule has 0 spiro atoms. The minimum atomic E-state index is -0.480. The van der Waals surface area contributed by atoms with Crippen molar-refractivity contribution in [2.75, 3.05) is 17.2 Å². The fourth-order valence-corrected chi connectivity index (χ4v) is 2.27. The van der Waals surface area contributed by atoms with Gasteiger partial charge in [-0.1, -0.05) is 23.7 Å². The lowest BCUT2D eigenvalue weighted by Gasteiger charge is -2.08. The van der Waals surface area contributed by atoms with Gasteiger partial charge in [0.25, 0.3) is 5.69 Å². The molecule has 0 heterocycles. The number of amides is 1. The first-order valence-electron chi connectivity index (χ1n) is 7.19. The number of hydrogen-bond acceptors (Lipinski definition) is 4. The first kappa shape index (κ1) is 17.7. The Morgan fingerprint density at radius 1 is 1.21 bits per heavy atom. The van der Waals surface area contributed by atoms with Crippen LogP contribution in [0, 0.1) is 15.9 Å². The molecule has 126 valence electrons. The molecule has 2 aromatic carbocycles. The third-order valence-electron chi connectivity index (χ3n) is 3.20. The van der Waals surface area contributed by atoms with Crippen LogP contribution in [-0.2, 0) is 4.79 Å². The highest BCUT2D eigenvalue weighted by molar-refractivity contribution is 6.33. The molecule has 6 nitrogen and oxygen atoms in total. The summed E-state index contributed by atoms with van der Waals surface area (Å²) < 4.78 is 12.9. The van der Waals surface area contributed by atoms with Crippen molar-refractivity contribution in [1.82, 2.24) is 0 Å². The van der Waals surface area contributed by atoms with Gasteiger partial charge in [-0.15, -0.1) is 0 Å². The molecule has 0 saturated heterocycles. The number of anilines is 2. The third kappa shape index (κ3) is 4.92. The molecule has 0 fully saturated rings. The Morgan fingerprint density at radius 3 is 2.67 bits per heavy atom. The van der Waals surface area contributed by atoms with Crippen LogP contribution < -0.4 is 10.6 Å². The lowest BCUT2D eigenvalue weighted by atomic mass is 10.2. The number of hydrogen-bond donors (Lipinski definition) is 2. The molecule has 0 aromatic heterocycles. The average Bonchev–Trinajstić information content (AvgIpc) is 2.54. The summed E-state index contributed by atoms with van der Waals surface area (Å²) in [5, 5.41) is 16.5. The molecule has 2 aromatic rings. The summed E-state index contributed by atoms with van der Waals surface area (Å²) in [6.07, 6.45) is 0.665. The van der Waals surface area contributed by atoms with Gasteiger partial charge >= 0.3 is 0 Å². The van der Waals surface area contributed by atoms with Crippen molar-refractivity contribution in [3.8, 4) is 0 Å². The number of nitrogens with one attached hydrogen (secondary N) is 2. The Hall–Kier alpha value is -2.67. The van der Waals surface area contributed by atoms with Gasteiger partial charge in [-0.2, -0.15) is 0 Å². The highest BCUT2D eigenvalue weighted by Crippen LogP contribution is 2.24. The molecular weight excluding hydrogens is 337 g/mol. The van der Waals surface area contributed by atoms with Crippen LogP contribution in [-0.4, -0.2) is 17.4 Å². The molecule has 0 radical (unpaired) electrons. The molecule has 0 atom stereocenters. The highest BCUT2D eigenvalue weighted by Gasteiger charge is 2.12. The van der Waals surface area contributed by atoms with Crippen LogP contribution in [0.2, 0.25) is 5.02 Å². The second kappa shape index (κ2) is 8.26. The number of rotatable bonds is 7. The van der Waals surface area contributed by atoms with Gasteiger partial charge < -0.3 is 10.6 Å². The molecule has 0 bridgehead atoms. The van der Waals surface area contributed by atoms with Gasteiger partial charge in [-0.05, 0) is 30.7 Å². The predicted molar refractivity (Wildman–Crippen MR) is 90.9 cm³/mol. The Balaban J connectivity index is 1.80. The van der Waals surface area contributed by atoms with Crippen LogP contribution in [0.4, 0.5) is 21.5 Å². The summed E-state index contributed by atoms with van der Waals surface area (Å²) in [5.74, 6) is -0.750. The van der Waals surface area contributed by atoms with E-state index in [-0.39, 0.29) is 23.0 Å².